The minimum atomic E-state index is -0.240. The summed E-state index contributed by atoms with van der Waals surface area (Å²) in [6.07, 6.45) is 4.99. The summed E-state index contributed by atoms with van der Waals surface area (Å²) < 4.78 is 0. The number of anilines is 1. The molecule has 0 unspecified atom stereocenters. The van der Waals surface area contributed by atoms with E-state index >= 15 is 0 Å². The van der Waals surface area contributed by atoms with Crippen LogP contribution in [-0.2, 0) is 0 Å². The molecular weight excluding hydrogens is 406 g/mol. The monoisotopic (exact) mass is 423 g/mol. The minimum Gasteiger partial charge on any atom is -0.337 e. The molecule has 0 aliphatic heterocycles. The fourth-order valence-electron chi connectivity index (χ4n) is 3.38. The summed E-state index contributed by atoms with van der Waals surface area (Å²) in [6, 6.07) is 11.1. The van der Waals surface area contributed by atoms with Gasteiger partial charge in [0.25, 0.3) is 0 Å². The first kappa shape index (κ1) is 19.2. The van der Waals surface area contributed by atoms with Crippen molar-refractivity contribution in [1.29, 1.82) is 5.26 Å². The number of fused-ring (bicyclic) bond motifs is 2. The normalized spacial score (nSPS) is 10.9. The molecule has 5 rings (SSSR count). The van der Waals surface area contributed by atoms with Crippen molar-refractivity contribution in [3.05, 3.63) is 54.5 Å². The maximum Gasteiger partial charge on any atom is 0.321 e. The van der Waals surface area contributed by atoms with E-state index in [9.17, 15) is 10.1 Å². The van der Waals surface area contributed by atoms with E-state index in [4.69, 9.17) is 0 Å². The quantitative estimate of drug-likeness (QED) is 0.406. The molecule has 4 aromatic heterocycles. The van der Waals surface area contributed by atoms with Crippen LogP contribution in [0.1, 0.15) is 5.56 Å². The smallest absolute Gasteiger partial charge is 0.321 e. The standard InChI is InChI=1S/C22H17N9O/c1-31(2)22(32)26-15-6-13(9-24-11-15)14-7-16-19(29-30-20(16)25-10-14)21-27-17-5-3-4-12(8-23)18(17)28-21/h3-7,9-11H,1-2H3,(H,26,32)(H,27,28)(H,25,29,30). The Balaban J connectivity index is 1.57. The van der Waals surface area contributed by atoms with Crippen molar-refractivity contribution in [2.75, 3.05) is 19.4 Å². The number of carbonyl (C=O) groups excluding carboxylic acids is 1. The van der Waals surface area contributed by atoms with Gasteiger partial charge in [-0.15, -0.1) is 0 Å². The Kier molecular flexibility index (Phi) is 4.49. The fraction of sp³-hybridized carbons (Fsp3) is 0.0909. The number of hydrogen-bond acceptors (Lipinski definition) is 6. The molecule has 156 valence electrons. The summed E-state index contributed by atoms with van der Waals surface area (Å²) in [6.45, 7) is 0. The van der Waals surface area contributed by atoms with Crippen molar-refractivity contribution in [1.82, 2.24) is 35.0 Å². The van der Waals surface area contributed by atoms with Crippen molar-refractivity contribution in [3.63, 3.8) is 0 Å². The number of rotatable bonds is 3. The maximum absolute atomic E-state index is 12.0. The van der Waals surface area contributed by atoms with Crippen molar-refractivity contribution >= 4 is 33.8 Å². The van der Waals surface area contributed by atoms with Gasteiger partial charge in [-0.3, -0.25) is 10.1 Å². The third kappa shape index (κ3) is 3.27. The number of urea groups is 1. The predicted molar refractivity (Wildman–Crippen MR) is 120 cm³/mol. The Hall–Kier alpha value is -4.78. The predicted octanol–water partition coefficient (Wildman–Crippen LogP) is 3.53. The number of hydrogen-bond donors (Lipinski definition) is 3. The zero-order valence-corrected chi connectivity index (χ0v) is 17.2. The van der Waals surface area contributed by atoms with Crippen LogP contribution >= 0.6 is 0 Å². The van der Waals surface area contributed by atoms with Crippen molar-refractivity contribution in [2.45, 2.75) is 0 Å². The summed E-state index contributed by atoms with van der Waals surface area (Å²) in [5.74, 6) is 0.564. The largest absolute Gasteiger partial charge is 0.337 e. The van der Waals surface area contributed by atoms with Gasteiger partial charge in [0.15, 0.2) is 11.5 Å². The Morgan fingerprint density at radius 2 is 2.00 bits per heavy atom. The average Bonchev–Trinajstić information content (AvgIpc) is 3.42. The van der Waals surface area contributed by atoms with Gasteiger partial charge in [-0.1, -0.05) is 6.07 Å². The second kappa shape index (κ2) is 7.48. The number of H-pyrrole nitrogens is 2. The highest BCUT2D eigenvalue weighted by atomic mass is 16.2. The van der Waals surface area contributed by atoms with E-state index in [1.807, 2.05) is 24.3 Å². The van der Waals surface area contributed by atoms with Gasteiger partial charge in [0.05, 0.1) is 28.4 Å². The van der Waals surface area contributed by atoms with E-state index < -0.39 is 0 Å². The lowest BCUT2D eigenvalue weighted by Crippen LogP contribution is -2.27. The van der Waals surface area contributed by atoms with Crippen LogP contribution in [0.4, 0.5) is 10.5 Å². The number of nitrogens with one attached hydrogen (secondary N) is 3. The lowest BCUT2D eigenvalue weighted by Gasteiger charge is -2.12. The van der Waals surface area contributed by atoms with E-state index in [1.165, 1.54) is 4.90 Å². The van der Waals surface area contributed by atoms with Gasteiger partial charge in [-0.2, -0.15) is 10.4 Å². The fourth-order valence-corrected chi connectivity index (χ4v) is 3.38. The molecule has 0 aliphatic carbocycles. The Morgan fingerprint density at radius 1 is 1.16 bits per heavy atom. The number of aromatic nitrogens is 6. The van der Waals surface area contributed by atoms with Gasteiger partial charge in [-0.05, 0) is 24.3 Å². The van der Waals surface area contributed by atoms with Crippen LogP contribution in [0.15, 0.2) is 48.9 Å². The zero-order chi connectivity index (χ0) is 22.2. The molecule has 0 atom stereocenters. The number of imidazole rings is 1. The van der Waals surface area contributed by atoms with Gasteiger partial charge in [0, 0.05) is 37.6 Å². The molecule has 5 aromatic rings. The van der Waals surface area contributed by atoms with Crippen LogP contribution in [0.25, 0.3) is 44.7 Å². The van der Waals surface area contributed by atoms with Crippen LogP contribution in [0, 0.1) is 11.3 Å². The highest BCUT2D eigenvalue weighted by Crippen LogP contribution is 2.30. The van der Waals surface area contributed by atoms with Gasteiger partial charge in [-0.25, -0.2) is 14.8 Å². The molecule has 0 fully saturated rings. The van der Waals surface area contributed by atoms with Crippen LogP contribution in [0.5, 0.6) is 0 Å². The van der Waals surface area contributed by atoms with Crippen LogP contribution < -0.4 is 5.32 Å². The van der Waals surface area contributed by atoms with Gasteiger partial charge in [0.1, 0.15) is 17.3 Å². The molecule has 32 heavy (non-hydrogen) atoms. The lowest BCUT2D eigenvalue weighted by molar-refractivity contribution is 0.230. The summed E-state index contributed by atoms with van der Waals surface area (Å²) in [4.78, 5) is 29.9. The van der Waals surface area contributed by atoms with Crippen LogP contribution in [0.3, 0.4) is 0 Å². The van der Waals surface area contributed by atoms with E-state index in [-0.39, 0.29) is 6.03 Å². The molecule has 10 nitrogen and oxygen atoms in total. The SMILES string of the molecule is CN(C)C(=O)Nc1cncc(-c2cnc3n[nH]c(-c4nc5c(C#N)cccc5[nH]4)c3c2)c1. The molecule has 0 spiro atoms. The van der Waals surface area contributed by atoms with Crippen molar-refractivity contribution < 1.29 is 4.79 Å². The average molecular weight is 423 g/mol. The van der Waals surface area contributed by atoms with E-state index in [1.54, 1.807) is 38.8 Å². The molecule has 0 bridgehead atoms. The first-order valence-corrected chi connectivity index (χ1v) is 9.70. The van der Waals surface area contributed by atoms with Gasteiger partial charge < -0.3 is 15.2 Å². The minimum absolute atomic E-state index is 0.240. The number of amides is 2. The molecule has 0 aliphatic rings. The van der Waals surface area contributed by atoms with Crippen LogP contribution in [-0.4, -0.2) is 55.2 Å². The second-order valence-corrected chi connectivity index (χ2v) is 7.38. The second-order valence-electron chi connectivity index (χ2n) is 7.38. The number of aromatic amines is 2. The molecule has 1 aromatic carbocycles. The van der Waals surface area contributed by atoms with E-state index in [0.717, 1.165) is 22.0 Å². The number of carbonyl (C=O) groups is 1. The first-order chi connectivity index (χ1) is 15.5. The number of nitrogens with zero attached hydrogens (tertiary/aromatic N) is 6. The third-order valence-corrected chi connectivity index (χ3v) is 5.01. The molecule has 0 saturated heterocycles. The molecule has 10 heteroatoms. The molecule has 0 radical (unpaired) electrons. The number of nitriles is 1. The molecule has 4 heterocycles. The number of benzene rings is 1. The summed E-state index contributed by atoms with van der Waals surface area (Å²) in [5, 5.41) is 20.2. The number of para-hydroxylation sites is 1. The van der Waals surface area contributed by atoms with E-state index in [0.29, 0.717) is 33.9 Å². The van der Waals surface area contributed by atoms with Crippen molar-refractivity contribution in [3.8, 4) is 28.7 Å². The molecule has 3 N–H and O–H groups in total. The molecular formula is C22H17N9O. The first-order valence-electron chi connectivity index (χ1n) is 9.70. The Bertz CT molecular complexity index is 1520. The Labute approximate surface area is 181 Å². The van der Waals surface area contributed by atoms with Crippen molar-refractivity contribution in [2.24, 2.45) is 0 Å². The topological polar surface area (TPSA) is 139 Å². The summed E-state index contributed by atoms with van der Waals surface area (Å²) >= 11 is 0. The highest BCUT2D eigenvalue weighted by molar-refractivity contribution is 5.95. The van der Waals surface area contributed by atoms with Crippen LogP contribution in [0.2, 0.25) is 0 Å². The third-order valence-electron chi connectivity index (χ3n) is 5.01. The maximum atomic E-state index is 12.0. The van der Waals surface area contributed by atoms with E-state index in [2.05, 4.69) is 41.5 Å². The summed E-state index contributed by atoms with van der Waals surface area (Å²) in [5.41, 5.74) is 5.24. The van der Waals surface area contributed by atoms with Gasteiger partial charge in [0.2, 0.25) is 0 Å². The van der Waals surface area contributed by atoms with Gasteiger partial charge >= 0.3 is 6.03 Å². The molecule has 2 amide bonds. The highest BCUT2D eigenvalue weighted by Gasteiger charge is 2.16. The lowest BCUT2D eigenvalue weighted by atomic mass is 10.1. The Morgan fingerprint density at radius 3 is 2.81 bits per heavy atom. The summed E-state index contributed by atoms with van der Waals surface area (Å²) in [7, 11) is 3.34. The molecule has 0 saturated carbocycles. The number of pyridine rings is 2. The zero-order valence-electron chi connectivity index (χ0n) is 17.2.